The SMILES string of the molecule is C=C(C)C(=O)OC1CC[N+](=c2ccc3c(-c4c(OCCOCCOCCO)cccc4OCCOCCOCCO)c4ccc(N5CCOCC5)cc4oc-3c2)CC1. The molecule has 3 aliphatic heterocycles. The minimum atomic E-state index is -0.348. The van der Waals surface area contributed by atoms with Crippen LogP contribution < -0.4 is 24.3 Å². The largest absolute Gasteiger partial charge is 0.490 e. The number of hydrogen-bond donors (Lipinski definition) is 2. The number of fused-ring (bicyclic) bond motifs is 2. The molecule has 14 nitrogen and oxygen atoms in total. The van der Waals surface area contributed by atoms with Gasteiger partial charge in [-0.3, -0.25) is 0 Å². The third-order valence-electron chi connectivity index (χ3n) is 9.92. The van der Waals surface area contributed by atoms with Gasteiger partial charge in [-0.15, -0.1) is 0 Å². The zero-order chi connectivity index (χ0) is 40.5. The molecular weight excluding hydrogens is 748 g/mol. The highest BCUT2D eigenvalue weighted by Gasteiger charge is 2.28. The van der Waals surface area contributed by atoms with Gasteiger partial charge in [-0.2, -0.15) is 0 Å². The van der Waals surface area contributed by atoms with E-state index < -0.39 is 0 Å². The molecule has 0 amide bonds. The summed E-state index contributed by atoms with van der Waals surface area (Å²) in [5.74, 6) is 1.60. The van der Waals surface area contributed by atoms with Crippen LogP contribution in [0.2, 0.25) is 0 Å². The Labute approximate surface area is 339 Å². The molecule has 0 spiro atoms. The summed E-state index contributed by atoms with van der Waals surface area (Å²) in [7, 11) is 0. The van der Waals surface area contributed by atoms with E-state index in [9.17, 15) is 4.79 Å². The van der Waals surface area contributed by atoms with E-state index in [1.54, 1.807) is 6.92 Å². The average Bonchev–Trinajstić information content (AvgIpc) is 3.25. The number of aliphatic hydroxyl groups is 2. The highest BCUT2D eigenvalue weighted by molar-refractivity contribution is 6.05. The highest BCUT2D eigenvalue weighted by atomic mass is 16.6. The molecule has 1 aliphatic carbocycles. The van der Waals surface area contributed by atoms with Crippen molar-refractivity contribution < 1.29 is 57.3 Å². The number of benzene rings is 3. The minimum absolute atomic E-state index is 0.0328. The first-order valence-corrected chi connectivity index (χ1v) is 20.2. The number of aliphatic hydroxyl groups excluding tert-OH is 2. The molecule has 58 heavy (non-hydrogen) atoms. The first-order valence-electron chi connectivity index (χ1n) is 20.2. The summed E-state index contributed by atoms with van der Waals surface area (Å²) in [5, 5.41) is 19.9. The lowest BCUT2D eigenvalue weighted by Crippen LogP contribution is -2.40. The lowest BCUT2D eigenvalue weighted by atomic mass is 9.92. The molecule has 2 fully saturated rings. The molecule has 2 aromatic carbocycles. The predicted molar refractivity (Wildman–Crippen MR) is 219 cm³/mol. The van der Waals surface area contributed by atoms with Crippen LogP contribution in [0.1, 0.15) is 19.8 Å². The summed E-state index contributed by atoms with van der Waals surface area (Å²) in [6.45, 7) is 12.9. The van der Waals surface area contributed by atoms with E-state index in [2.05, 4.69) is 52.5 Å². The van der Waals surface area contributed by atoms with E-state index in [0.29, 0.717) is 94.1 Å². The van der Waals surface area contributed by atoms with Crippen molar-refractivity contribution >= 4 is 22.6 Å². The molecule has 2 N–H and O–H groups in total. The minimum Gasteiger partial charge on any atom is -0.490 e. The Morgan fingerprint density at radius 3 is 1.98 bits per heavy atom. The number of anilines is 1. The van der Waals surface area contributed by atoms with Gasteiger partial charge in [-0.25, -0.2) is 9.37 Å². The van der Waals surface area contributed by atoms with Crippen molar-refractivity contribution in [3.63, 3.8) is 0 Å². The Balaban J connectivity index is 1.37. The van der Waals surface area contributed by atoms with Crippen LogP contribution in [0.5, 0.6) is 11.5 Å². The van der Waals surface area contributed by atoms with Crippen LogP contribution in [0.25, 0.3) is 33.4 Å². The van der Waals surface area contributed by atoms with Crippen LogP contribution in [0.15, 0.2) is 71.2 Å². The molecule has 2 aromatic rings. The first kappa shape index (κ1) is 43.0. The van der Waals surface area contributed by atoms with Gasteiger partial charge in [0.05, 0.1) is 90.9 Å². The van der Waals surface area contributed by atoms with Crippen molar-refractivity contribution in [3.8, 4) is 33.9 Å². The van der Waals surface area contributed by atoms with Gasteiger partial charge in [0.15, 0.2) is 0 Å². The van der Waals surface area contributed by atoms with Crippen LogP contribution in [0, 0.1) is 0 Å². The number of ether oxygens (including phenoxy) is 8. The lowest BCUT2D eigenvalue weighted by Gasteiger charge is -2.29. The van der Waals surface area contributed by atoms with Crippen molar-refractivity contribution in [1.82, 2.24) is 4.58 Å². The van der Waals surface area contributed by atoms with E-state index in [0.717, 1.165) is 59.3 Å². The summed E-state index contributed by atoms with van der Waals surface area (Å²) in [4.78, 5) is 14.5. The molecule has 14 heteroatoms. The number of morpholine rings is 1. The lowest BCUT2D eigenvalue weighted by molar-refractivity contribution is -0.145. The molecule has 3 heterocycles. The number of rotatable bonds is 22. The number of hydrogen-bond acceptors (Lipinski definition) is 13. The van der Waals surface area contributed by atoms with Gasteiger partial charge in [-0.05, 0) is 37.3 Å². The second-order valence-corrected chi connectivity index (χ2v) is 14.0. The van der Waals surface area contributed by atoms with Crippen molar-refractivity contribution in [1.29, 1.82) is 0 Å². The van der Waals surface area contributed by atoms with Crippen LogP contribution in [-0.4, -0.2) is 141 Å². The van der Waals surface area contributed by atoms with Crippen LogP contribution in [-0.2, 0) is 33.2 Å². The average molecular weight is 806 g/mol. The van der Waals surface area contributed by atoms with Gasteiger partial charge in [0.1, 0.15) is 55.2 Å². The number of nitrogens with zero attached hydrogens (tertiary/aromatic N) is 2. The monoisotopic (exact) mass is 805 g/mol. The molecule has 0 radical (unpaired) electrons. The van der Waals surface area contributed by atoms with Gasteiger partial charge >= 0.3 is 5.97 Å². The highest BCUT2D eigenvalue weighted by Crippen LogP contribution is 2.48. The van der Waals surface area contributed by atoms with Crippen molar-refractivity contribution in [2.24, 2.45) is 0 Å². The molecule has 2 saturated heterocycles. The fourth-order valence-corrected chi connectivity index (χ4v) is 7.03. The summed E-state index contributed by atoms with van der Waals surface area (Å²) in [6.07, 6.45) is 1.28. The Morgan fingerprint density at radius 2 is 1.38 bits per heavy atom. The summed E-state index contributed by atoms with van der Waals surface area (Å²) in [5.41, 5.74) is 4.74. The first-order chi connectivity index (χ1) is 28.5. The Morgan fingerprint density at radius 1 is 0.776 bits per heavy atom. The van der Waals surface area contributed by atoms with E-state index in [4.69, 9.17) is 52.5 Å². The molecule has 0 saturated carbocycles. The molecule has 4 aliphatic rings. The predicted octanol–water partition coefficient (Wildman–Crippen LogP) is 3.90. The van der Waals surface area contributed by atoms with Crippen molar-refractivity contribution in [3.05, 3.63) is 72.1 Å². The quantitative estimate of drug-likeness (QED) is 0.0389. The Kier molecular flexibility index (Phi) is 16.7. The van der Waals surface area contributed by atoms with Gasteiger partial charge in [0.25, 0.3) is 0 Å². The van der Waals surface area contributed by atoms with Crippen molar-refractivity contribution in [2.75, 3.05) is 124 Å². The number of carbonyl (C=O) groups excluding carboxylic acids is 1. The topological polar surface area (TPSA) is 151 Å². The zero-order valence-electron chi connectivity index (χ0n) is 33.5. The van der Waals surface area contributed by atoms with Crippen LogP contribution >= 0.6 is 0 Å². The zero-order valence-corrected chi connectivity index (χ0v) is 33.5. The maximum Gasteiger partial charge on any atom is 0.333 e. The van der Waals surface area contributed by atoms with E-state index >= 15 is 0 Å². The molecule has 0 aromatic heterocycles. The standard InChI is InChI=1S/C44H57N2O12/c1-32(2)44(49)57-35-10-12-45(13-11-35)33-6-8-36-40(30-33)58-41-31-34(46-14-18-50-19-15-46)7-9-37(41)42(36)43-38(55-28-26-53-24-22-51-20-16-47)4-3-5-39(43)56-29-27-54-25-23-52-21-17-48/h3-9,30-31,35,47-48H,1,10-29H2,2H3/q+1. The summed E-state index contributed by atoms with van der Waals surface area (Å²) >= 11 is 0. The molecule has 0 unspecified atom stereocenters. The van der Waals surface area contributed by atoms with Gasteiger partial charge in [-0.1, -0.05) is 12.6 Å². The smallest absolute Gasteiger partial charge is 0.333 e. The van der Waals surface area contributed by atoms with E-state index in [1.807, 2.05) is 18.2 Å². The number of piperidine rings is 1. The molecule has 314 valence electrons. The summed E-state index contributed by atoms with van der Waals surface area (Å²) < 4.78 is 55.5. The summed E-state index contributed by atoms with van der Waals surface area (Å²) in [6, 6.07) is 18.4. The Hall–Kier alpha value is -4.54. The third-order valence-corrected chi connectivity index (χ3v) is 9.92. The van der Waals surface area contributed by atoms with Gasteiger partial charge < -0.3 is 57.4 Å². The van der Waals surface area contributed by atoms with Gasteiger partial charge in [0, 0.05) is 65.8 Å². The second-order valence-electron chi connectivity index (χ2n) is 14.0. The maximum atomic E-state index is 12.2. The second kappa shape index (κ2) is 22.6. The van der Waals surface area contributed by atoms with Crippen LogP contribution in [0.4, 0.5) is 5.69 Å². The maximum absolute atomic E-state index is 12.2. The van der Waals surface area contributed by atoms with Crippen molar-refractivity contribution in [2.45, 2.75) is 25.9 Å². The fourth-order valence-electron chi connectivity index (χ4n) is 7.03. The third kappa shape index (κ3) is 11.8. The van der Waals surface area contributed by atoms with Gasteiger partial charge in [0.2, 0.25) is 5.36 Å². The number of carbonyl (C=O) groups is 1. The molecule has 6 rings (SSSR count). The molecule has 0 atom stereocenters. The Bertz CT molecular complexity index is 1930. The molecule has 0 bridgehead atoms. The fraction of sp³-hybridized carbons (Fsp3) is 0.500. The molecular formula is C44H57N2O12+. The normalized spacial score (nSPS) is 15.9. The number of esters is 1. The van der Waals surface area contributed by atoms with Crippen LogP contribution in [0.3, 0.4) is 0 Å². The van der Waals surface area contributed by atoms with E-state index in [1.165, 1.54) is 0 Å². The van der Waals surface area contributed by atoms with E-state index in [-0.39, 0.29) is 51.7 Å².